The summed E-state index contributed by atoms with van der Waals surface area (Å²) in [5.41, 5.74) is 18.0. The number of carbonyl (C=O) groups is 6. The number of nitrogens with two attached hydrogens (primary N) is 3. The highest BCUT2D eigenvalue weighted by Gasteiger charge is 2.33. The number of rotatable bonds is 17. The van der Waals surface area contributed by atoms with Gasteiger partial charge in [-0.15, -0.1) is 0 Å². The van der Waals surface area contributed by atoms with Crippen LogP contribution >= 0.6 is 0 Å². The van der Waals surface area contributed by atoms with Crippen molar-refractivity contribution in [2.75, 3.05) is 13.1 Å². The highest BCUT2D eigenvalue weighted by atomic mass is 16.4. The summed E-state index contributed by atoms with van der Waals surface area (Å²) >= 11 is 0. The Labute approximate surface area is 299 Å². The van der Waals surface area contributed by atoms with E-state index in [1.54, 1.807) is 38.1 Å². The van der Waals surface area contributed by atoms with Crippen LogP contribution in [0.5, 0.6) is 5.75 Å². The van der Waals surface area contributed by atoms with Crippen LogP contribution in [-0.4, -0.2) is 95.1 Å². The smallest absolute Gasteiger partial charge is 0.326 e. The van der Waals surface area contributed by atoms with E-state index in [9.17, 15) is 39.0 Å². The van der Waals surface area contributed by atoms with Crippen molar-refractivity contribution in [1.82, 2.24) is 26.6 Å². The number of unbranched alkanes of at least 4 members (excludes halogenated alkanes) is 2. The van der Waals surface area contributed by atoms with Crippen LogP contribution in [0.25, 0.3) is 0 Å². The minimum atomic E-state index is -1.27. The van der Waals surface area contributed by atoms with Crippen molar-refractivity contribution in [2.24, 2.45) is 23.1 Å². The van der Waals surface area contributed by atoms with Gasteiger partial charge in [0.15, 0.2) is 0 Å². The van der Waals surface area contributed by atoms with E-state index in [1.807, 2.05) is 0 Å². The van der Waals surface area contributed by atoms with Gasteiger partial charge in [0.1, 0.15) is 36.0 Å². The minimum Gasteiger partial charge on any atom is -0.508 e. The first-order valence-corrected chi connectivity index (χ1v) is 17.6. The number of carboxylic acids is 1. The Balaban J connectivity index is 2.44. The lowest BCUT2D eigenvalue weighted by atomic mass is 9.98. The van der Waals surface area contributed by atoms with Crippen molar-refractivity contribution in [3.05, 3.63) is 42.0 Å². The van der Waals surface area contributed by atoms with E-state index < -0.39 is 77.7 Å². The van der Waals surface area contributed by atoms with Gasteiger partial charge in [0.2, 0.25) is 29.5 Å². The molecule has 16 nitrogen and oxygen atoms in total. The topological polar surface area (TPSA) is 281 Å². The molecule has 13 N–H and O–H groups in total. The predicted molar refractivity (Wildman–Crippen MR) is 191 cm³/mol. The maximum atomic E-state index is 13.9. The van der Waals surface area contributed by atoms with Crippen LogP contribution in [0.4, 0.5) is 0 Å². The molecule has 0 aliphatic carbocycles. The molecule has 7 atom stereocenters. The van der Waals surface area contributed by atoms with Crippen molar-refractivity contribution in [2.45, 2.75) is 114 Å². The van der Waals surface area contributed by atoms with Gasteiger partial charge < -0.3 is 54.0 Å². The summed E-state index contributed by atoms with van der Waals surface area (Å²) in [5.74, 6) is -4.95. The lowest BCUT2D eigenvalue weighted by Crippen LogP contribution is -2.59. The van der Waals surface area contributed by atoms with Gasteiger partial charge in [-0.1, -0.05) is 44.6 Å². The van der Waals surface area contributed by atoms with E-state index in [2.05, 4.69) is 26.6 Å². The number of nitrogens with one attached hydrogen (secondary N) is 5. The zero-order valence-corrected chi connectivity index (χ0v) is 29.6. The number of hydrogen-bond donors (Lipinski definition) is 10. The van der Waals surface area contributed by atoms with Crippen molar-refractivity contribution < 1.29 is 39.0 Å². The Morgan fingerprint density at radius 3 is 1.94 bits per heavy atom. The lowest BCUT2D eigenvalue weighted by molar-refractivity contribution is -0.143. The van der Waals surface area contributed by atoms with Gasteiger partial charge in [-0.3, -0.25) is 24.0 Å². The normalized spacial score (nSPS) is 22.6. The molecule has 1 aliphatic rings. The monoisotopic (exact) mass is 716 g/mol. The second-order valence-electron chi connectivity index (χ2n) is 12.9. The molecule has 2 rings (SSSR count). The molecule has 0 saturated heterocycles. The number of carbonyl (C=O) groups excluding carboxylic acids is 5. The van der Waals surface area contributed by atoms with E-state index >= 15 is 0 Å². The second kappa shape index (κ2) is 22.3. The van der Waals surface area contributed by atoms with Crippen LogP contribution in [0, 0.1) is 5.92 Å². The maximum Gasteiger partial charge on any atom is 0.326 e. The van der Waals surface area contributed by atoms with Crippen molar-refractivity contribution in [3.8, 4) is 5.75 Å². The summed E-state index contributed by atoms with van der Waals surface area (Å²) < 4.78 is 0. The molecule has 284 valence electrons. The number of hydrogen-bond acceptors (Lipinski definition) is 10. The third kappa shape index (κ3) is 14.7. The Bertz CT molecular complexity index is 1340. The molecular formula is C35H56N8O8. The lowest BCUT2D eigenvalue weighted by Gasteiger charge is -2.28. The third-order valence-electron chi connectivity index (χ3n) is 8.84. The first kappa shape index (κ1) is 42.6. The molecule has 0 bridgehead atoms. The van der Waals surface area contributed by atoms with E-state index in [-0.39, 0.29) is 37.9 Å². The van der Waals surface area contributed by atoms with Gasteiger partial charge in [0.25, 0.3) is 0 Å². The summed E-state index contributed by atoms with van der Waals surface area (Å²) in [5, 5.41) is 32.9. The number of aliphatic carboxylic acids is 1. The second-order valence-corrected chi connectivity index (χ2v) is 12.9. The first-order chi connectivity index (χ1) is 24.3. The number of aromatic hydroxyl groups is 1. The van der Waals surface area contributed by atoms with Crippen molar-refractivity contribution in [3.63, 3.8) is 0 Å². The number of phenols is 1. The summed E-state index contributed by atoms with van der Waals surface area (Å²) in [6.45, 7) is 4.23. The van der Waals surface area contributed by atoms with Crippen LogP contribution in [0.15, 0.2) is 36.4 Å². The number of phenolic OH excluding ortho intramolecular Hbond substituents is 1. The van der Waals surface area contributed by atoms with Crippen molar-refractivity contribution in [1.29, 1.82) is 0 Å². The quantitative estimate of drug-likeness (QED) is 0.0719. The molecule has 0 aromatic heterocycles. The van der Waals surface area contributed by atoms with E-state index in [0.29, 0.717) is 50.8 Å². The fourth-order valence-corrected chi connectivity index (χ4v) is 5.45. The van der Waals surface area contributed by atoms with Crippen molar-refractivity contribution >= 4 is 35.5 Å². The molecule has 0 spiro atoms. The Hall–Kier alpha value is -4.54. The summed E-state index contributed by atoms with van der Waals surface area (Å²) in [6, 6.07) is -0.833. The summed E-state index contributed by atoms with van der Waals surface area (Å²) in [7, 11) is 0. The van der Waals surface area contributed by atoms with Gasteiger partial charge in [0.05, 0.1) is 6.04 Å². The van der Waals surface area contributed by atoms with Crippen LogP contribution in [-0.2, 0) is 35.2 Å². The van der Waals surface area contributed by atoms with E-state index in [0.717, 1.165) is 0 Å². The Morgan fingerprint density at radius 2 is 1.39 bits per heavy atom. The van der Waals surface area contributed by atoms with Crippen LogP contribution < -0.4 is 43.8 Å². The number of carboxylic acid groups (broad SMARTS) is 1. The summed E-state index contributed by atoms with van der Waals surface area (Å²) in [6.07, 6.45) is 6.27. The molecular weight excluding hydrogens is 660 g/mol. The molecule has 16 heteroatoms. The highest BCUT2D eigenvalue weighted by Crippen LogP contribution is 2.14. The molecule has 0 radical (unpaired) electrons. The average molecular weight is 717 g/mol. The third-order valence-corrected chi connectivity index (χ3v) is 8.84. The molecule has 1 heterocycles. The SMILES string of the molecule is CCC(C)[C@H](NC(=O)[C@H](Cc1ccc(O)cc1)NC(=O)[C@@H]1C/C=C/C[C@H](N)C(=O)N[C@@H](CCCCN)C(=O)N[C@@H](CCCCN)C(=O)N1)C(=O)O. The number of benzene rings is 1. The van der Waals surface area contributed by atoms with E-state index in [4.69, 9.17) is 17.2 Å². The summed E-state index contributed by atoms with van der Waals surface area (Å²) in [4.78, 5) is 79.6. The highest BCUT2D eigenvalue weighted by molar-refractivity contribution is 5.96. The Kier molecular flexibility index (Phi) is 18.7. The van der Waals surface area contributed by atoms with Crippen LogP contribution in [0.2, 0.25) is 0 Å². The number of amides is 5. The van der Waals surface area contributed by atoms with Gasteiger partial charge >= 0.3 is 5.97 Å². The fourth-order valence-electron chi connectivity index (χ4n) is 5.45. The molecule has 5 amide bonds. The molecule has 0 saturated carbocycles. The largest absolute Gasteiger partial charge is 0.508 e. The average Bonchev–Trinajstić information content (AvgIpc) is 3.10. The zero-order valence-electron chi connectivity index (χ0n) is 29.6. The van der Waals surface area contributed by atoms with E-state index in [1.165, 1.54) is 12.1 Å². The minimum absolute atomic E-state index is 0.00656. The van der Waals surface area contributed by atoms with Gasteiger partial charge in [0, 0.05) is 6.42 Å². The molecule has 51 heavy (non-hydrogen) atoms. The van der Waals surface area contributed by atoms with Gasteiger partial charge in [-0.2, -0.15) is 0 Å². The van der Waals surface area contributed by atoms with Crippen LogP contribution in [0.3, 0.4) is 0 Å². The molecule has 0 fully saturated rings. The van der Waals surface area contributed by atoms with Gasteiger partial charge in [-0.05, 0) is 88.1 Å². The first-order valence-electron chi connectivity index (χ1n) is 17.6. The molecule has 1 aromatic carbocycles. The Morgan fingerprint density at radius 1 is 0.843 bits per heavy atom. The molecule has 1 unspecified atom stereocenters. The van der Waals surface area contributed by atoms with Gasteiger partial charge in [-0.25, -0.2) is 4.79 Å². The van der Waals surface area contributed by atoms with Crippen LogP contribution in [0.1, 0.15) is 77.2 Å². The maximum absolute atomic E-state index is 13.9. The predicted octanol–water partition coefficient (Wildman–Crippen LogP) is -0.575. The standard InChI is InChI=1S/C35H56N8O8/c1-3-21(2)29(35(50)51)43-34(49)28(20-22-14-16-23(44)17-15-22)42-33(48)26-11-5-4-10-24(38)30(45)39-25(12-6-8-18-36)31(46)41-27(32(47)40-26)13-7-9-19-37/h4-5,14-17,21,24-29,44H,3,6-13,18-20,36-38H2,1-2H3,(H,39,45)(H,40,47)(H,41,46)(H,42,48)(H,43,49)(H,50,51)/b5-4+/t21?,24-,25-,26-,27-,28-,29-/m0/s1. The zero-order chi connectivity index (χ0) is 37.9. The molecule has 1 aliphatic heterocycles. The molecule has 1 aromatic rings. The fraction of sp³-hybridized carbons (Fsp3) is 0.600.